The number of hydrogen-bond donors (Lipinski definition) is 0. The standard InChI is InChI=1S/C63H56N6O/c1-40-25-29-56-61(65-40)67(39-66(56)8)46-33-44(63(5,6)7)34-48(36-46)70-47-27-28-51-54-35-43(62(2,3)4)26-30-55(54)69(57(51)38-47)58-37-45(31-32-64-58)68-59-49(41-17-11-9-12-18-41)21-15-23-52(59)53-24-16-22-50(60(53)68)42-19-13-10-14-20-42/h9-38H,39H2,1-8H3. The van der Waals surface area contributed by atoms with Crippen molar-refractivity contribution in [2.75, 3.05) is 23.5 Å². The molecule has 4 aromatic heterocycles. The molecule has 11 aromatic rings. The van der Waals surface area contributed by atoms with Crippen molar-refractivity contribution >= 4 is 60.8 Å². The number of rotatable bonds is 7. The van der Waals surface area contributed by atoms with Crippen LogP contribution < -0.4 is 14.5 Å². The predicted octanol–water partition coefficient (Wildman–Crippen LogP) is 16.2. The fraction of sp³-hybridized carbons (Fsp3) is 0.175. The molecule has 0 aliphatic carbocycles. The predicted molar refractivity (Wildman–Crippen MR) is 292 cm³/mol. The summed E-state index contributed by atoms with van der Waals surface area (Å²) in [6, 6.07) is 63.6. The van der Waals surface area contributed by atoms with Gasteiger partial charge >= 0.3 is 0 Å². The first-order valence-corrected chi connectivity index (χ1v) is 24.3. The third-order valence-electron chi connectivity index (χ3n) is 14.1. The topological polar surface area (TPSA) is 51.4 Å². The quantitative estimate of drug-likeness (QED) is 0.159. The largest absolute Gasteiger partial charge is 0.457 e. The Labute approximate surface area is 409 Å². The summed E-state index contributed by atoms with van der Waals surface area (Å²) in [7, 11) is 2.12. The molecule has 0 saturated heterocycles. The lowest BCUT2D eigenvalue weighted by Gasteiger charge is -2.25. The van der Waals surface area contributed by atoms with Crippen LogP contribution in [0.1, 0.15) is 58.4 Å². The minimum atomic E-state index is -0.124. The summed E-state index contributed by atoms with van der Waals surface area (Å²) < 4.78 is 11.8. The zero-order valence-corrected chi connectivity index (χ0v) is 41.1. The number of fused-ring (bicyclic) bond motifs is 7. The van der Waals surface area contributed by atoms with Crippen LogP contribution in [0.3, 0.4) is 0 Å². The normalized spacial score (nSPS) is 13.0. The highest BCUT2D eigenvalue weighted by Crippen LogP contribution is 2.45. The average molecular weight is 913 g/mol. The third-order valence-corrected chi connectivity index (χ3v) is 14.1. The van der Waals surface area contributed by atoms with Crippen molar-refractivity contribution in [3.63, 3.8) is 0 Å². The van der Waals surface area contributed by atoms with Gasteiger partial charge in [-0.3, -0.25) is 4.57 Å². The van der Waals surface area contributed by atoms with Crippen molar-refractivity contribution in [2.45, 2.75) is 59.3 Å². The van der Waals surface area contributed by atoms with Crippen LogP contribution in [0.15, 0.2) is 182 Å². The van der Waals surface area contributed by atoms with Gasteiger partial charge in [0.1, 0.15) is 17.3 Å². The molecule has 0 fully saturated rings. The Morgan fingerprint density at radius 1 is 0.500 bits per heavy atom. The summed E-state index contributed by atoms with van der Waals surface area (Å²) >= 11 is 0. The second-order valence-electron chi connectivity index (χ2n) is 21.0. The van der Waals surface area contributed by atoms with Gasteiger partial charge in [-0.1, -0.05) is 145 Å². The molecule has 1 aliphatic rings. The zero-order valence-electron chi connectivity index (χ0n) is 41.1. The molecule has 70 heavy (non-hydrogen) atoms. The number of benzene rings is 7. The van der Waals surface area contributed by atoms with Crippen molar-refractivity contribution in [3.05, 3.63) is 199 Å². The lowest BCUT2D eigenvalue weighted by molar-refractivity contribution is 0.479. The van der Waals surface area contributed by atoms with E-state index in [0.29, 0.717) is 6.67 Å². The molecular formula is C63H56N6O. The van der Waals surface area contributed by atoms with E-state index in [1.165, 1.54) is 49.5 Å². The summed E-state index contributed by atoms with van der Waals surface area (Å²) in [4.78, 5) is 14.8. The van der Waals surface area contributed by atoms with Crippen LogP contribution in [0.4, 0.5) is 17.2 Å². The van der Waals surface area contributed by atoms with Crippen LogP contribution >= 0.6 is 0 Å². The molecule has 7 heteroatoms. The minimum absolute atomic E-state index is 0.0397. The maximum atomic E-state index is 7.02. The van der Waals surface area contributed by atoms with E-state index in [1.807, 2.05) is 6.20 Å². The number of aryl methyl sites for hydroxylation is 1. The van der Waals surface area contributed by atoms with Gasteiger partial charge in [-0.15, -0.1) is 0 Å². The Balaban J connectivity index is 1.06. The molecule has 5 heterocycles. The molecule has 0 spiro atoms. The first-order chi connectivity index (χ1) is 33.8. The Kier molecular flexibility index (Phi) is 10.0. The maximum Gasteiger partial charge on any atom is 0.158 e. The van der Waals surface area contributed by atoms with Crippen LogP contribution in [0, 0.1) is 6.92 Å². The summed E-state index contributed by atoms with van der Waals surface area (Å²) in [6.45, 7) is 16.3. The second-order valence-corrected chi connectivity index (χ2v) is 21.0. The van der Waals surface area contributed by atoms with E-state index in [1.54, 1.807) is 0 Å². The van der Waals surface area contributed by atoms with Gasteiger partial charge in [-0.25, -0.2) is 9.97 Å². The van der Waals surface area contributed by atoms with E-state index in [0.717, 1.165) is 73.3 Å². The zero-order chi connectivity index (χ0) is 48.1. The lowest BCUT2D eigenvalue weighted by atomic mass is 9.86. The van der Waals surface area contributed by atoms with Gasteiger partial charge < -0.3 is 19.1 Å². The Bertz CT molecular complexity index is 3740. The lowest BCUT2D eigenvalue weighted by Crippen LogP contribution is -2.24. The molecule has 1 aliphatic heterocycles. The first kappa shape index (κ1) is 43.1. The van der Waals surface area contributed by atoms with Crippen LogP contribution in [0.2, 0.25) is 0 Å². The highest BCUT2D eigenvalue weighted by Gasteiger charge is 2.29. The Morgan fingerprint density at radius 2 is 1.17 bits per heavy atom. The number of pyridine rings is 2. The maximum absolute atomic E-state index is 7.02. The van der Waals surface area contributed by atoms with Gasteiger partial charge in [-0.2, -0.15) is 0 Å². The summed E-state index contributed by atoms with van der Waals surface area (Å²) in [5.41, 5.74) is 15.6. The smallest absolute Gasteiger partial charge is 0.158 e. The number of hydrogen-bond acceptors (Lipinski definition) is 5. The SMILES string of the molecule is Cc1ccc2c(n1)N(c1cc(Oc3ccc4c5cc(C(C)(C)C)ccc5n(-c5cc(-n6c7c(-c8ccccc8)cccc7c7cccc(-c8ccccc8)c76)ccn5)c4c3)cc(C(C)(C)C)c1)CN2C. The second kappa shape index (κ2) is 16.2. The molecule has 7 aromatic carbocycles. The molecule has 0 saturated carbocycles. The molecule has 0 unspecified atom stereocenters. The molecule has 0 bridgehead atoms. The molecule has 0 N–H and O–H groups in total. The van der Waals surface area contributed by atoms with E-state index in [4.69, 9.17) is 14.7 Å². The highest BCUT2D eigenvalue weighted by molar-refractivity contribution is 6.17. The van der Waals surface area contributed by atoms with Gasteiger partial charge in [0.05, 0.1) is 40.1 Å². The van der Waals surface area contributed by atoms with E-state index in [-0.39, 0.29) is 10.8 Å². The van der Waals surface area contributed by atoms with Crippen molar-refractivity contribution < 1.29 is 4.74 Å². The highest BCUT2D eigenvalue weighted by atomic mass is 16.5. The third kappa shape index (κ3) is 7.27. The van der Waals surface area contributed by atoms with Gasteiger partial charge in [0, 0.05) is 75.5 Å². The Hall–Kier alpha value is -8.16. The van der Waals surface area contributed by atoms with Gasteiger partial charge in [0.25, 0.3) is 0 Å². The van der Waals surface area contributed by atoms with Crippen molar-refractivity contribution in [3.8, 4) is 45.3 Å². The van der Waals surface area contributed by atoms with Gasteiger partial charge in [0.2, 0.25) is 0 Å². The molecule has 0 atom stereocenters. The van der Waals surface area contributed by atoms with E-state index in [2.05, 4.69) is 250 Å². The van der Waals surface area contributed by atoms with Crippen LogP contribution in [0.25, 0.3) is 77.4 Å². The van der Waals surface area contributed by atoms with Crippen molar-refractivity contribution in [1.82, 2.24) is 19.1 Å². The van der Waals surface area contributed by atoms with E-state index in [9.17, 15) is 0 Å². The number of anilines is 3. The first-order valence-electron chi connectivity index (χ1n) is 24.3. The molecule has 344 valence electrons. The molecule has 0 radical (unpaired) electrons. The fourth-order valence-electron chi connectivity index (χ4n) is 10.5. The Morgan fingerprint density at radius 3 is 1.83 bits per heavy atom. The van der Waals surface area contributed by atoms with Crippen LogP contribution in [-0.2, 0) is 10.8 Å². The summed E-state index contributed by atoms with van der Waals surface area (Å²) in [6.07, 6.45) is 1.96. The van der Waals surface area contributed by atoms with Gasteiger partial charge in [-0.05, 0) is 94.6 Å². The molecule has 12 rings (SSSR count). The van der Waals surface area contributed by atoms with Gasteiger partial charge in [0.15, 0.2) is 5.82 Å². The molecule has 0 amide bonds. The minimum Gasteiger partial charge on any atom is -0.457 e. The van der Waals surface area contributed by atoms with Crippen LogP contribution in [-0.4, -0.2) is 32.8 Å². The van der Waals surface area contributed by atoms with E-state index >= 15 is 0 Å². The number of aromatic nitrogens is 4. The number of nitrogens with zero attached hydrogens (tertiary/aromatic N) is 6. The van der Waals surface area contributed by atoms with Crippen molar-refractivity contribution in [1.29, 1.82) is 0 Å². The fourth-order valence-corrected chi connectivity index (χ4v) is 10.5. The summed E-state index contributed by atoms with van der Waals surface area (Å²) in [5, 5.41) is 4.71. The average Bonchev–Trinajstić information content (AvgIpc) is 4.00. The monoisotopic (exact) mass is 912 g/mol. The van der Waals surface area contributed by atoms with E-state index < -0.39 is 0 Å². The summed E-state index contributed by atoms with van der Waals surface area (Å²) in [5.74, 6) is 3.30. The molecule has 7 nitrogen and oxygen atoms in total. The number of para-hydroxylation sites is 2. The molecular weight excluding hydrogens is 857 g/mol. The van der Waals surface area contributed by atoms with Crippen molar-refractivity contribution in [2.24, 2.45) is 0 Å². The number of ether oxygens (including phenoxy) is 1. The van der Waals surface area contributed by atoms with Crippen LogP contribution in [0.5, 0.6) is 11.5 Å².